The molecule has 44 heavy (non-hydrogen) atoms. The van der Waals surface area contributed by atoms with Crippen LogP contribution in [0.4, 0.5) is 0 Å². The van der Waals surface area contributed by atoms with Gasteiger partial charge in [-0.2, -0.15) is 0 Å². The highest BCUT2D eigenvalue weighted by molar-refractivity contribution is 5.98. The molecule has 8 heteroatoms. The fourth-order valence-corrected chi connectivity index (χ4v) is 6.24. The maximum Gasteiger partial charge on any atom is 0.246 e. The van der Waals surface area contributed by atoms with Crippen molar-refractivity contribution in [2.24, 2.45) is 0 Å². The van der Waals surface area contributed by atoms with Crippen LogP contribution in [-0.2, 0) is 38.4 Å². The molecule has 0 aliphatic carbocycles. The van der Waals surface area contributed by atoms with Crippen LogP contribution in [0.25, 0.3) is 10.8 Å². The summed E-state index contributed by atoms with van der Waals surface area (Å²) in [7, 11) is 0. The van der Waals surface area contributed by atoms with Crippen LogP contribution in [-0.4, -0.2) is 59.2 Å². The van der Waals surface area contributed by atoms with E-state index in [0.29, 0.717) is 19.4 Å². The van der Waals surface area contributed by atoms with Crippen molar-refractivity contribution in [2.75, 3.05) is 6.54 Å². The highest BCUT2D eigenvalue weighted by Crippen LogP contribution is 2.22. The van der Waals surface area contributed by atoms with Gasteiger partial charge in [-0.15, -0.1) is 0 Å². The molecule has 0 aromatic heterocycles. The molecule has 2 aliphatic heterocycles. The highest BCUT2D eigenvalue weighted by atomic mass is 16.2. The molecule has 2 aliphatic rings. The smallest absolute Gasteiger partial charge is 0.246 e. The van der Waals surface area contributed by atoms with Crippen LogP contribution in [0.2, 0.25) is 0 Å². The minimum absolute atomic E-state index is 0.215. The molecular formula is C36H36N4O4. The number of hydrogen-bond acceptors (Lipinski definition) is 4. The summed E-state index contributed by atoms with van der Waals surface area (Å²) >= 11 is 0. The number of fused-ring (bicyclic) bond motifs is 2. The first-order chi connectivity index (χ1) is 21.4. The number of carbonyl (C=O) groups excluding carboxylic acids is 4. The topological polar surface area (TPSA) is 108 Å². The van der Waals surface area contributed by atoms with Crippen LogP contribution in [0.1, 0.15) is 29.5 Å². The second-order valence-corrected chi connectivity index (χ2v) is 11.6. The molecule has 6 rings (SSSR count). The minimum Gasteiger partial charge on any atom is -0.342 e. The molecule has 0 saturated carbocycles. The molecule has 4 aromatic rings. The molecule has 0 bridgehead atoms. The molecule has 4 aromatic carbocycles. The van der Waals surface area contributed by atoms with Gasteiger partial charge in [-0.05, 0) is 40.3 Å². The summed E-state index contributed by atoms with van der Waals surface area (Å²) < 4.78 is 0. The summed E-state index contributed by atoms with van der Waals surface area (Å²) in [6.45, 7) is 0.411. The van der Waals surface area contributed by atoms with Gasteiger partial charge in [0.2, 0.25) is 23.6 Å². The summed E-state index contributed by atoms with van der Waals surface area (Å²) in [5.41, 5.74) is 2.62. The number of hydrogen-bond donors (Lipinski definition) is 3. The van der Waals surface area contributed by atoms with E-state index in [9.17, 15) is 19.2 Å². The van der Waals surface area contributed by atoms with E-state index in [1.165, 1.54) is 0 Å². The van der Waals surface area contributed by atoms with Gasteiger partial charge in [0.15, 0.2) is 0 Å². The number of amides is 4. The number of rotatable bonds is 6. The number of benzene rings is 4. The van der Waals surface area contributed by atoms with Gasteiger partial charge in [-0.1, -0.05) is 103 Å². The fraction of sp³-hybridized carbons (Fsp3) is 0.278. The van der Waals surface area contributed by atoms with Crippen molar-refractivity contribution in [3.63, 3.8) is 0 Å². The lowest BCUT2D eigenvalue weighted by atomic mass is 9.98. The Labute approximate surface area is 256 Å². The van der Waals surface area contributed by atoms with Gasteiger partial charge in [-0.3, -0.25) is 19.2 Å². The van der Waals surface area contributed by atoms with Crippen LogP contribution in [0.15, 0.2) is 103 Å². The van der Waals surface area contributed by atoms with Crippen molar-refractivity contribution < 1.29 is 19.2 Å². The maximum absolute atomic E-state index is 14.0. The van der Waals surface area contributed by atoms with E-state index in [2.05, 4.69) is 16.0 Å². The van der Waals surface area contributed by atoms with Crippen molar-refractivity contribution in [1.29, 1.82) is 0 Å². The van der Waals surface area contributed by atoms with E-state index in [4.69, 9.17) is 0 Å². The molecule has 4 amide bonds. The molecule has 0 spiro atoms. The predicted octanol–water partition coefficient (Wildman–Crippen LogP) is 3.33. The number of nitrogens with one attached hydrogen (secondary N) is 3. The van der Waals surface area contributed by atoms with Crippen molar-refractivity contribution in [2.45, 2.75) is 56.3 Å². The molecule has 8 nitrogen and oxygen atoms in total. The van der Waals surface area contributed by atoms with Crippen LogP contribution in [0.3, 0.4) is 0 Å². The zero-order valence-electron chi connectivity index (χ0n) is 24.4. The quantitative estimate of drug-likeness (QED) is 0.321. The zero-order chi connectivity index (χ0) is 30.5. The predicted molar refractivity (Wildman–Crippen MR) is 168 cm³/mol. The largest absolute Gasteiger partial charge is 0.342 e. The van der Waals surface area contributed by atoms with Gasteiger partial charge in [0.1, 0.15) is 24.2 Å². The summed E-state index contributed by atoms with van der Waals surface area (Å²) in [4.78, 5) is 57.2. The highest BCUT2D eigenvalue weighted by Gasteiger charge is 2.40. The zero-order valence-corrected chi connectivity index (χ0v) is 24.4. The van der Waals surface area contributed by atoms with Crippen molar-refractivity contribution in [3.8, 4) is 0 Å². The molecule has 2 heterocycles. The van der Waals surface area contributed by atoms with Gasteiger partial charge in [0.25, 0.3) is 0 Å². The Balaban J connectivity index is 1.35. The first kappa shape index (κ1) is 29.1. The maximum atomic E-state index is 14.0. The molecule has 0 radical (unpaired) electrons. The minimum atomic E-state index is -0.973. The third kappa shape index (κ3) is 6.64. The third-order valence-electron chi connectivity index (χ3n) is 8.54. The van der Waals surface area contributed by atoms with Gasteiger partial charge in [0.05, 0.1) is 0 Å². The van der Waals surface area contributed by atoms with Crippen LogP contribution in [0.5, 0.6) is 0 Å². The Morgan fingerprint density at radius 2 is 1.07 bits per heavy atom. The third-order valence-corrected chi connectivity index (χ3v) is 8.54. The lowest BCUT2D eigenvalue weighted by Crippen LogP contribution is -2.62. The summed E-state index contributed by atoms with van der Waals surface area (Å²) in [5.74, 6) is -1.54. The summed E-state index contributed by atoms with van der Waals surface area (Å²) in [6.07, 6.45) is 1.89. The van der Waals surface area contributed by atoms with Gasteiger partial charge >= 0.3 is 0 Å². The molecule has 2 saturated heterocycles. The van der Waals surface area contributed by atoms with Crippen molar-refractivity contribution >= 4 is 34.4 Å². The SMILES string of the molecule is O=C1N[C@@H](Cc2ccccc2)C(=O)N2CCC[C@@H]2C(=O)N[C@@H](Cc2ccccc2)C(=O)N[C@H]1Cc1ccc2ccccc2c1. The second-order valence-electron chi connectivity index (χ2n) is 11.6. The Morgan fingerprint density at radius 1 is 0.545 bits per heavy atom. The monoisotopic (exact) mass is 588 g/mol. The first-order valence-corrected chi connectivity index (χ1v) is 15.2. The molecule has 4 atom stereocenters. The van der Waals surface area contributed by atoms with E-state index in [1.54, 1.807) is 4.90 Å². The van der Waals surface area contributed by atoms with Crippen LogP contribution in [0, 0.1) is 0 Å². The Bertz CT molecular complexity index is 1660. The van der Waals surface area contributed by atoms with E-state index in [-0.39, 0.29) is 31.1 Å². The van der Waals surface area contributed by atoms with Crippen LogP contribution < -0.4 is 16.0 Å². The summed E-state index contributed by atoms with van der Waals surface area (Å²) in [6, 6.07) is 29.3. The number of carbonyl (C=O) groups is 4. The molecular weight excluding hydrogens is 552 g/mol. The fourth-order valence-electron chi connectivity index (χ4n) is 6.24. The van der Waals surface area contributed by atoms with Crippen molar-refractivity contribution in [3.05, 3.63) is 120 Å². The summed E-state index contributed by atoms with van der Waals surface area (Å²) in [5, 5.41) is 10.9. The Morgan fingerprint density at radius 3 is 1.73 bits per heavy atom. The lowest BCUT2D eigenvalue weighted by molar-refractivity contribution is -0.143. The van der Waals surface area contributed by atoms with Crippen molar-refractivity contribution in [1.82, 2.24) is 20.9 Å². The molecule has 0 unspecified atom stereocenters. The van der Waals surface area contributed by atoms with E-state index >= 15 is 0 Å². The number of nitrogens with zero attached hydrogens (tertiary/aromatic N) is 1. The van der Waals surface area contributed by atoms with Gasteiger partial charge in [-0.25, -0.2) is 0 Å². The normalized spacial score (nSPS) is 22.8. The Hall–Kier alpha value is -4.98. The average Bonchev–Trinajstić information content (AvgIpc) is 3.54. The lowest BCUT2D eigenvalue weighted by Gasteiger charge is -2.32. The molecule has 2 fully saturated rings. The molecule has 224 valence electrons. The van der Waals surface area contributed by atoms with Gasteiger partial charge in [0, 0.05) is 25.8 Å². The van der Waals surface area contributed by atoms with E-state index < -0.39 is 36.0 Å². The van der Waals surface area contributed by atoms with E-state index in [0.717, 1.165) is 27.5 Å². The standard InChI is InChI=1S/C36H36N4O4/c41-33-29(21-24-10-3-1-4-11-24)38-35(43)32-16-9-19-40(32)36(44)31(22-25-12-5-2-6-13-25)39-34(42)30(37-33)23-26-17-18-27-14-7-8-15-28(27)20-26/h1-8,10-15,17-18,20,29-32H,9,16,19,21-23H2,(H,37,41)(H,38,43)(H,39,42)/t29-,30-,31-,32+/m0/s1. The molecule has 3 N–H and O–H groups in total. The first-order valence-electron chi connectivity index (χ1n) is 15.2. The average molecular weight is 589 g/mol. The Kier molecular flexibility index (Phi) is 8.68. The second kappa shape index (κ2) is 13.1. The van der Waals surface area contributed by atoms with Gasteiger partial charge < -0.3 is 20.9 Å². The van der Waals surface area contributed by atoms with Crippen LogP contribution >= 0.6 is 0 Å². The van der Waals surface area contributed by atoms with E-state index in [1.807, 2.05) is 103 Å².